The first-order valence-corrected chi connectivity index (χ1v) is 1.80. The van der Waals surface area contributed by atoms with E-state index in [9.17, 15) is 4.53 Å². The fourth-order valence-corrected chi connectivity index (χ4v) is 0.0797. The Bertz CT molecular complexity index is 50.2. The Hall–Kier alpha value is -0.190. The summed E-state index contributed by atoms with van der Waals surface area (Å²) in [7, 11) is 2.98. The number of hydrogen-bond donors (Lipinski definition) is 1. The van der Waals surface area contributed by atoms with E-state index in [4.69, 9.17) is 5.11 Å². The smallest absolute Gasteiger partial charge is 0.252 e. The van der Waals surface area contributed by atoms with E-state index in [2.05, 4.69) is 4.94 Å². The molecule has 3 nitrogen and oxygen atoms in total. The third kappa shape index (κ3) is 2.50. The van der Waals surface area contributed by atoms with Crippen molar-refractivity contribution in [3.8, 4) is 0 Å². The van der Waals surface area contributed by atoms with Gasteiger partial charge in [0.25, 0.3) is 6.41 Å². The van der Waals surface area contributed by atoms with E-state index in [0.717, 1.165) is 0 Å². The number of halogens is 1. The average Bonchev–Trinajstić information content (AvgIpc) is 1.65. The topological polar surface area (TPSA) is 32.7 Å². The van der Waals surface area contributed by atoms with Gasteiger partial charge in [0.2, 0.25) is 0 Å². The van der Waals surface area contributed by atoms with Crippen molar-refractivity contribution in [2.75, 3.05) is 14.1 Å². The molecule has 0 saturated carbocycles. The third-order valence-electron chi connectivity index (χ3n) is 0.521. The van der Waals surface area contributed by atoms with Crippen molar-refractivity contribution in [3.05, 3.63) is 0 Å². The fraction of sp³-hybridized carbons (Fsp3) is 1.00. The quantitative estimate of drug-likeness (QED) is 0.495. The molecule has 0 rings (SSSR count). The predicted octanol–water partition coefficient (Wildman–Crippen LogP) is -0.275. The molecule has 7 heavy (non-hydrogen) atoms. The summed E-state index contributed by atoms with van der Waals surface area (Å²) in [6.45, 7) is 0. The lowest BCUT2D eigenvalue weighted by atomic mass is 10.9. The van der Waals surface area contributed by atoms with E-state index in [1.807, 2.05) is 0 Å². The Morgan fingerprint density at radius 1 is 1.71 bits per heavy atom. The van der Waals surface area contributed by atoms with Gasteiger partial charge in [-0.1, -0.05) is 0 Å². The van der Waals surface area contributed by atoms with Gasteiger partial charge in [-0.3, -0.25) is 4.90 Å². The van der Waals surface area contributed by atoms with E-state index in [0.29, 0.717) is 0 Å². The van der Waals surface area contributed by atoms with Crippen LogP contribution in [0.1, 0.15) is 0 Å². The van der Waals surface area contributed by atoms with E-state index in [1.165, 1.54) is 19.0 Å². The summed E-state index contributed by atoms with van der Waals surface area (Å²) in [6, 6.07) is 0. The van der Waals surface area contributed by atoms with Crippen LogP contribution in [0.4, 0.5) is 4.53 Å². The third-order valence-corrected chi connectivity index (χ3v) is 0.521. The molecule has 0 amide bonds. The zero-order chi connectivity index (χ0) is 5.86. The molecule has 1 unspecified atom stereocenters. The fourth-order valence-electron chi connectivity index (χ4n) is 0.0797. The van der Waals surface area contributed by atoms with Crippen LogP contribution in [0.15, 0.2) is 0 Å². The highest BCUT2D eigenvalue weighted by atomic mass is 19.3. The van der Waals surface area contributed by atoms with Crippen molar-refractivity contribution in [1.82, 2.24) is 4.90 Å². The second kappa shape index (κ2) is 2.90. The number of hydrogen-bond acceptors (Lipinski definition) is 3. The molecule has 0 bridgehead atoms. The van der Waals surface area contributed by atoms with Crippen molar-refractivity contribution in [1.29, 1.82) is 0 Å². The van der Waals surface area contributed by atoms with Crippen LogP contribution in [0.5, 0.6) is 0 Å². The Morgan fingerprint density at radius 2 is 2.14 bits per heavy atom. The molecular formula is C3H8FNO2. The van der Waals surface area contributed by atoms with E-state index < -0.39 is 6.41 Å². The van der Waals surface area contributed by atoms with E-state index >= 15 is 0 Å². The molecular weight excluding hydrogens is 101 g/mol. The van der Waals surface area contributed by atoms with Gasteiger partial charge in [-0.2, -0.15) is 0 Å². The molecule has 1 N–H and O–H groups in total. The first-order valence-electron chi connectivity index (χ1n) is 1.80. The highest BCUT2D eigenvalue weighted by Gasteiger charge is 2.03. The van der Waals surface area contributed by atoms with Gasteiger partial charge in [0.15, 0.2) is 0 Å². The monoisotopic (exact) mass is 109 g/mol. The van der Waals surface area contributed by atoms with Crippen LogP contribution in [-0.2, 0) is 4.94 Å². The van der Waals surface area contributed by atoms with Crippen LogP contribution in [-0.4, -0.2) is 30.5 Å². The zero-order valence-electron chi connectivity index (χ0n) is 4.26. The van der Waals surface area contributed by atoms with Crippen LogP contribution < -0.4 is 0 Å². The molecule has 0 aliphatic rings. The summed E-state index contributed by atoms with van der Waals surface area (Å²) in [5, 5.41) is 8.26. The molecule has 0 aromatic carbocycles. The Kier molecular flexibility index (Phi) is 2.82. The van der Waals surface area contributed by atoms with Crippen LogP contribution >= 0.6 is 0 Å². The Balaban J connectivity index is 3.14. The summed E-state index contributed by atoms with van der Waals surface area (Å²) in [5.74, 6) is 0. The van der Waals surface area contributed by atoms with Crippen molar-refractivity contribution in [2.45, 2.75) is 6.41 Å². The first kappa shape index (κ1) is 6.81. The van der Waals surface area contributed by atoms with Crippen LogP contribution in [0.2, 0.25) is 0 Å². The van der Waals surface area contributed by atoms with Gasteiger partial charge in [0.05, 0.1) is 0 Å². The Labute approximate surface area is 41.2 Å². The largest absolute Gasteiger partial charge is 0.353 e. The summed E-state index contributed by atoms with van der Waals surface area (Å²) >= 11 is 0. The maximum atomic E-state index is 10.8. The molecule has 0 radical (unpaired) electrons. The number of aliphatic hydroxyl groups is 1. The van der Waals surface area contributed by atoms with E-state index in [1.54, 1.807) is 0 Å². The lowest BCUT2D eigenvalue weighted by Crippen LogP contribution is -2.27. The summed E-state index contributed by atoms with van der Waals surface area (Å²) in [4.78, 5) is 4.17. The summed E-state index contributed by atoms with van der Waals surface area (Å²) < 4.78 is 10.8. The second-order valence-corrected chi connectivity index (χ2v) is 1.38. The van der Waals surface area contributed by atoms with Gasteiger partial charge < -0.3 is 5.11 Å². The molecule has 0 aromatic heterocycles. The SMILES string of the molecule is CN(C)C(O)OF. The van der Waals surface area contributed by atoms with E-state index in [-0.39, 0.29) is 0 Å². The molecule has 0 aromatic rings. The molecule has 44 valence electrons. The van der Waals surface area contributed by atoms with Crippen LogP contribution in [0.25, 0.3) is 0 Å². The van der Waals surface area contributed by atoms with Crippen molar-refractivity contribution >= 4 is 0 Å². The summed E-state index contributed by atoms with van der Waals surface area (Å²) in [5.41, 5.74) is 0. The van der Waals surface area contributed by atoms with Gasteiger partial charge in [0, 0.05) is 0 Å². The lowest BCUT2D eigenvalue weighted by molar-refractivity contribution is -0.302. The van der Waals surface area contributed by atoms with Gasteiger partial charge >= 0.3 is 0 Å². The Morgan fingerprint density at radius 3 is 2.14 bits per heavy atom. The maximum Gasteiger partial charge on any atom is 0.252 e. The maximum absolute atomic E-state index is 10.8. The highest BCUT2D eigenvalue weighted by molar-refractivity contribution is 4.27. The molecule has 1 atom stereocenters. The van der Waals surface area contributed by atoms with Crippen molar-refractivity contribution < 1.29 is 14.6 Å². The summed E-state index contributed by atoms with van der Waals surface area (Å²) in [6.07, 6.45) is -1.43. The molecule has 0 saturated heterocycles. The normalized spacial score (nSPS) is 15.0. The average molecular weight is 109 g/mol. The number of rotatable bonds is 2. The minimum absolute atomic E-state index is 1.18. The van der Waals surface area contributed by atoms with Gasteiger partial charge in [-0.25, -0.2) is 0 Å². The van der Waals surface area contributed by atoms with Gasteiger partial charge in [-0.05, 0) is 18.6 Å². The molecule has 0 heterocycles. The minimum atomic E-state index is -1.43. The highest BCUT2D eigenvalue weighted by Crippen LogP contribution is 1.88. The first-order chi connectivity index (χ1) is 3.18. The molecule has 0 fully saturated rings. The second-order valence-electron chi connectivity index (χ2n) is 1.38. The van der Waals surface area contributed by atoms with Gasteiger partial charge in [-0.15, -0.1) is 4.94 Å². The zero-order valence-corrected chi connectivity index (χ0v) is 4.26. The van der Waals surface area contributed by atoms with Crippen molar-refractivity contribution in [3.63, 3.8) is 0 Å². The number of aliphatic hydroxyl groups excluding tert-OH is 1. The lowest BCUT2D eigenvalue weighted by Gasteiger charge is -2.11. The molecule has 0 aliphatic carbocycles. The predicted molar refractivity (Wildman–Crippen MR) is 21.9 cm³/mol. The standard InChI is InChI=1S/C3H8FNO2/c1-5(2)3(6)7-4/h3,6H,1-2H3. The molecule has 0 spiro atoms. The van der Waals surface area contributed by atoms with Gasteiger partial charge in [0.1, 0.15) is 0 Å². The molecule has 4 heteroatoms. The molecule has 0 aliphatic heterocycles. The minimum Gasteiger partial charge on any atom is -0.353 e. The number of nitrogens with zero attached hydrogens (tertiary/aromatic N) is 1. The van der Waals surface area contributed by atoms with Crippen molar-refractivity contribution in [2.24, 2.45) is 0 Å². The van der Waals surface area contributed by atoms with Crippen LogP contribution in [0, 0.1) is 0 Å². The van der Waals surface area contributed by atoms with Crippen LogP contribution in [0.3, 0.4) is 0 Å².